The molecule has 0 saturated carbocycles. The number of ether oxygens (including phenoxy) is 2. The molecule has 0 aliphatic heterocycles. The van der Waals surface area contributed by atoms with Crippen LogP contribution in [0.3, 0.4) is 0 Å². The number of nitrogens with two attached hydrogens (primary N) is 1. The van der Waals surface area contributed by atoms with Crippen molar-refractivity contribution in [2.24, 2.45) is 0 Å². The molecule has 0 amide bonds. The molecule has 0 heterocycles. The summed E-state index contributed by atoms with van der Waals surface area (Å²) in [5.74, 6) is 0.417. The Balaban J connectivity index is 1.70. The fraction of sp³-hybridized carbons (Fsp3) is 0.174. The molecule has 3 aromatic rings. The Hall–Kier alpha value is -2.99. The molecule has 3 N–H and O–H groups in total. The van der Waals surface area contributed by atoms with Crippen molar-refractivity contribution in [3.05, 3.63) is 87.9 Å². The molecule has 5 nitrogen and oxygen atoms in total. The average molecular weight is 455 g/mol. The number of rotatable bonds is 8. The molecule has 0 radical (unpaired) electrons. The average Bonchev–Trinajstić information content (AvgIpc) is 2.73. The quantitative estimate of drug-likeness (QED) is 0.352. The number of hydrogen-bond donors (Lipinski definition) is 2. The van der Waals surface area contributed by atoms with Crippen LogP contribution in [0.4, 0.5) is 11.4 Å². The minimum Gasteiger partial charge on any atom is -0.489 e. The van der Waals surface area contributed by atoms with Crippen LogP contribution in [-0.2, 0) is 17.9 Å². The van der Waals surface area contributed by atoms with E-state index in [1.54, 1.807) is 25.1 Å². The van der Waals surface area contributed by atoms with Crippen LogP contribution >= 0.6 is 15.9 Å². The highest BCUT2D eigenvalue weighted by molar-refractivity contribution is 9.10. The first-order chi connectivity index (χ1) is 14.1. The van der Waals surface area contributed by atoms with Crippen LogP contribution in [0.1, 0.15) is 28.4 Å². The van der Waals surface area contributed by atoms with E-state index in [1.807, 2.05) is 48.5 Å². The van der Waals surface area contributed by atoms with Gasteiger partial charge in [-0.15, -0.1) is 0 Å². The van der Waals surface area contributed by atoms with E-state index in [1.165, 1.54) is 0 Å². The Labute approximate surface area is 179 Å². The zero-order valence-corrected chi connectivity index (χ0v) is 17.7. The van der Waals surface area contributed by atoms with E-state index in [9.17, 15) is 4.79 Å². The van der Waals surface area contributed by atoms with Crippen molar-refractivity contribution in [1.29, 1.82) is 0 Å². The molecule has 0 aliphatic rings. The van der Waals surface area contributed by atoms with Crippen molar-refractivity contribution in [1.82, 2.24) is 0 Å². The summed E-state index contributed by atoms with van der Waals surface area (Å²) in [6.45, 7) is 3.11. The number of benzene rings is 3. The minimum atomic E-state index is -0.380. The predicted octanol–water partition coefficient (Wildman–Crippen LogP) is 5.40. The lowest BCUT2D eigenvalue weighted by Gasteiger charge is -2.15. The maximum Gasteiger partial charge on any atom is 0.338 e. The smallest absolute Gasteiger partial charge is 0.338 e. The molecule has 0 aliphatic carbocycles. The Bertz CT molecular complexity index is 977. The van der Waals surface area contributed by atoms with Gasteiger partial charge in [-0.3, -0.25) is 0 Å². The lowest BCUT2D eigenvalue weighted by Crippen LogP contribution is -2.08. The van der Waals surface area contributed by atoms with Gasteiger partial charge in [-0.1, -0.05) is 46.3 Å². The zero-order valence-electron chi connectivity index (χ0n) is 16.2. The van der Waals surface area contributed by atoms with Crippen molar-refractivity contribution in [2.45, 2.75) is 20.1 Å². The largest absolute Gasteiger partial charge is 0.489 e. The summed E-state index contributed by atoms with van der Waals surface area (Å²) in [6.07, 6.45) is 0. The first-order valence-electron chi connectivity index (χ1n) is 9.32. The van der Waals surface area contributed by atoms with Crippen LogP contribution in [0.25, 0.3) is 0 Å². The number of carbonyl (C=O) groups excluding carboxylic acids is 1. The first-order valence-corrected chi connectivity index (χ1v) is 10.1. The molecular formula is C23H23BrN2O3. The van der Waals surface area contributed by atoms with Crippen molar-refractivity contribution in [3.8, 4) is 5.75 Å². The Morgan fingerprint density at radius 3 is 2.59 bits per heavy atom. The van der Waals surface area contributed by atoms with E-state index in [4.69, 9.17) is 15.2 Å². The number of carbonyl (C=O) groups is 1. The third kappa shape index (κ3) is 5.74. The second kappa shape index (κ2) is 9.98. The molecule has 0 fully saturated rings. The Kier molecular flexibility index (Phi) is 7.14. The van der Waals surface area contributed by atoms with Crippen molar-refractivity contribution in [3.63, 3.8) is 0 Å². The maximum atomic E-state index is 11.8. The van der Waals surface area contributed by atoms with Gasteiger partial charge in [-0.25, -0.2) is 4.79 Å². The van der Waals surface area contributed by atoms with Crippen LogP contribution in [0, 0.1) is 0 Å². The molecule has 0 unspecified atom stereocenters. The van der Waals surface area contributed by atoms with E-state index in [-0.39, 0.29) is 5.97 Å². The summed E-state index contributed by atoms with van der Waals surface area (Å²) in [7, 11) is 0. The van der Waals surface area contributed by atoms with Crippen LogP contribution < -0.4 is 15.8 Å². The number of anilines is 2. The molecule has 0 aromatic heterocycles. The van der Waals surface area contributed by atoms with Gasteiger partial charge in [0.25, 0.3) is 0 Å². The minimum absolute atomic E-state index is 0.327. The topological polar surface area (TPSA) is 73.6 Å². The van der Waals surface area contributed by atoms with E-state index >= 15 is 0 Å². The summed E-state index contributed by atoms with van der Waals surface area (Å²) in [4.78, 5) is 11.8. The van der Waals surface area contributed by atoms with E-state index in [2.05, 4.69) is 21.2 Å². The van der Waals surface area contributed by atoms with Crippen LogP contribution in [-0.4, -0.2) is 12.6 Å². The number of nitrogen functional groups attached to an aromatic ring is 1. The van der Waals surface area contributed by atoms with Crippen molar-refractivity contribution >= 4 is 33.3 Å². The molecule has 0 saturated heterocycles. The molecule has 3 aromatic carbocycles. The maximum absolute atomic E-state index is 11.8. The number of hydrogen-bond acceptors (Lipinski definition) is 5. The third-order valence-electron chi connectivity index (χ3n) is 4.29. The van der Waals surface area contributed by atoms with Crippen LogP contribution in [0.2, 0.25) is 0 Å². The normalized spacial score (nSPS) is 10.4. The summed E-state index contributed by atoms with van der Waals surface area (Å²) in [6, 6.07) is 21.0. The van der Waals surface area contributed by atoms with Crippen LogP contribution in [0.15, 0.2) is 71.2 Å². The fourth-order valence-corrected chi connectivity index (χ4v) is 3.23. The highest BCUT2D eigenvalue weighted by Crippen LogP contribution is 2.27. The molecule has 6 heteroatoms. The highest BCUT2D eigenvalue weighted by atomic mass is 79.9. The predicted molar refractivity (Wildman–Crippen MR) is 119 cm³/mol. The van der Waals surface area contributed by atoms with E-state index in [0.717, 1.165) is 27.0 Å². The summed E-state index contributed by atoms with van der Waals surface area (Å²) >= 11 is 3.51. The van der Waals surface area contributed by atoms with Gasteiger partial charge in [0.05, 0.1) is 23.5 Å². The molecule has 3 rings (SSSR count). The van der Waals surface area contributed by atoms with Gasteiger partial charge in [-0.2, -0.15) is 0 Å². The second-order valence-corrected chi connectivity index (χ2v) is 7.32. The molecule has 0 atom stereocenters. The van der Waals surface area contributed by atoms with Gasteiger partial charge in [0.1, 0.15) is 12.4 Å². The SMILES string of the molecule is CCOC(=O)c1ccc(NCc2cc(Br)ccc2OCc2ccccc2)c(N)c1. The van der Waals surface area contributed by atoms with Crippen molar-refractivity contribution in [2.75, 3.05) is 17.7 Å². The lowest BCUT2D eigenvalue weighted by atomic mass is 10.1. The number of nitrogens with one attached hydrogen (secondary N) is 1. The summed E-state index contributed by atoms with van der Waals surface area (Å²) < 4.78 is 12.0. The molecular weight excluding hydrogens is 432 g/mol. The highest BCUT2D eigenvalue weighted by Gasteiger charge is 2.10. The molecule has 0 bridgehead atoms. The standard InChI is InChI=1S/C23H23BrN2O3/c1-2-28-23(27)17-8-10-21(20(25)13-17)26-14-18-12-19(24)9-11-22(18)29-15-16-6-4-3-5-7-16/h3-13,26H,2,14-15,25H2,1H3. The lowest BCUT2D eigenvalue weighted by molar-refractivity contribution is 0.0526. The number of halogens is 1. The van der Waals surface area contributed by atoms with Crippen molar-refractivity contribution < 1.29 is 14.3 Å². The molecule has 150 valence electrons. The second-order valence-electron chi connectivity index (χ2n) is 6.40. The number of esters is 1. The first kappa shape index (κ1) is 20.7. The fourth-order valence-electron chi connectivity index (χ4n) is 2.82. The molecule has 0 spiro atoms. The van der Waals surface area contributed by atoms with Gasteiger partial charge >= 0.3 is 5.97 Å². The Morgan fingerprint density at radius 2 is 1.86 bits per heavy atom. The third-order valence-corrected chi connectivity index (χ3v) is 4.78. The molecule has 29 heavy (non-hydrogen) atoms. The zero-order chi connectivity index (χ0) is 20.6. The van der Waals surface area contributed by atoms with E-state index < -0.39 is 0 Å². The van der Waals surface area contributed by atoms with Gasteiger partial charge in [-0.05, 0) is 48.9 Å². The van der Waals surface area contributed by atoms with Gasteiger partial charge in [0, 0.05) is 16.6 Å². The Morgan fingerprint density at radius 1 is 1.07 bits per heavy atom. The van der Waals surface area contributed by atoms with E-state index in [0.29, 0.717) is 31.0 Å². The monoisotopic (exact) mass is 454 g/mol. The van der Waals surface area contributed by atoms with Gasteiger partial charge in [0.2, 0.25) is 0 Å². The summed E-state index contributed by atoms with van der Waals surface area (Å²) in [5.41, 5.74) is 9.87. The van der Waals surface area contributed by atoms with Gasteiger partial charge < -0.3 is 20.5 Å². The van der Waals surface area contributed by atoms with Crippen LogP contribution in [0.5, 0.6) is 5.75 Å². The summed E-state index contributed by atoms with van der Waals surface area (Å²) in [5, 5.41) is 3.32. The van der Waals surface area contributed by atoms with Gasteiger partial charge in [0.15, 0.2) is 0 Å².